The molecule has 0 saturated heterocycles. The maximum Gasteiger partial charge on any atom is 0.150 e. The molecular formula is C17H16FN3. The van der Waals surface area contributed by atoms with Crippen molar-refractivity contribution in [3.05, 3.63) is 59.5 Å². The van der Waals surface area contributed by atoms with E-state index in [-0.39, 0.29) is 0 Å². The normalized spacial score (nSPS) is 10.8. The Hall–Kier alpha value is -2.62. The lowest BCUT2D eigenvalue weighted by molar-refractivity contribution is 0.634. The Kier molecular flexibility index (Phi) is 3.22. The van der Waals surface area contributed by atoms with Gasteiger partial charge in [0, 0.05) is 23.0 Å². The zero-order valence-corrected chi connectivity index (χ0v) is 11.9. The topological polar surface area (TPSA) is 50.9 Å². The van der Waals surface area contributed by atoms with Crippen LogP contribution >= 0.6 is 0 Å². The third-order valence-corrected chi connectivity index (χ3v) is 3.53. The van der Waals surface area contributed by atoms with Crippen LogP contribution in [-0.2, 0) is 0 Å². The summed E-state index contributed by atoms with van der Waals surface area (Å²) in [5, 5.41) is 3.90. The number of aryl methyl sites for hydroxylation is 2. The molecule has 0 atom stereocenters. The standard InChI is InChI=1S/C17H16FN3/c1-10-5-6-11(2)15(8-10)21-17-13(18)9-14(19)12-4-3-7-20-16(12)17/h3-9,21H,19H2,1-2H3. The number of nitrogens with two attached hydrogens (primary N) is 1. The second kappa shape index (κ2) is 5.05. The zero-order chi connectivity index (χ0) is 15.0. The molecule has 3 nitrogen and oxygen atoms in total. The highest BCUT2D eigenvalue weighted by molar-refractivity contribution is 5.99. The van der Waals surface area contributed by atoms with Crippen LogP contribution in [0, 0.1) is 19.7 Å². The Balaban J connectivity index is 2.19. The third-order valence-electron chi connectivity index (χ3n) is 3.53. The van der Waals surface area contributed by atoms with Gasteiger partial charge in [-0.15, -0.1) is 0 Å². The average molecular weight is 281 g/mol. The Bertz CT molecular complexity index is 828. The van der Waals surface area contributed by atoms with Crippen molar-refractivity contribution < 1.29 is 4.39 Å². The van der Waals surface area contributed by atoms with E-state index in [0.717, 1.165) is 22.2 Å². The first-order chi connectivity index (χ1) is 10.1. The first-order valence-electron chi connectivity index (χ1n) is 6.73. The minimum absolute atomic E-state index is 0.355. The summed E-state index contributed by atoms with van der Waals surface area (Å²) < 4.78 is 14.3. The highest BCUT2D eigenvalue weighted by Gasteiger charge is 2.13. The average Bonchev–Trinajstić information content (AvgIpc) is 2.47. The van der Waals surface area contributed by atoms with Crippen LogP contribution in [0.2, 0.25) is 0 Å². The molecule has 0 radical (unpaired) electrons. The van der Waals surface area contributed by atoms with Gasteiger partial charge in [-0.3, -0.25) is 4.98 Å². The summed E-state index contributed by atoms with van der Waals surface area (Å²) in [5.41, 5.74) is 10.2. The molecule has 0 amide bonds. The smallest absolute Gasteiger partial charge is 0.150 e. The number of nitrogens with zero attached hydrogens (tertiary/aromatic N) is 1. The van der Waals surface area contributed by atoms with Gasteiger partial charge in [0.15, 0.2) is 5.82 Å². The molecule has 0 saturated carbocycles. The first-order valence-corrected chi connectivity index (χ1v) is 6.73. The van der Waals surface area contributed by atoms with Crippen LogP contribution in [-0.4, -0.2) is 4.98 Å². The summed E-state index contributed by atoms with van der Waals surface area (Å²) >= 11 is 0. The molecule has 106 valence electrons. The minimum Gasteiger partial charge on any atom is -0.398 e. The lowest BCUT2D eigenvalue weighted by atomic mass is 10.1. The Morgan fingerprint density at radius 1 is 1.14 bits per heavy atom. The molecule has 2 aromatic carbocycles. The Morgan fingerprint density at radius 2 is 1.95 bits per heavy atom. The van der Waals surface area contributed by atoms with Crippen molar-refractivity contribution in [3.63, 3.8) is 0 Å². The second-order valence-corrected chi connectivity index (χ2v) is 5.17. The van der Waals surface area contributed by atoms with Gasteiger partial charge >= 0.3 is 0 Å². The number of benzene rings is 2. The van der Waals surface area contributed by atoms with Gasteiger partial charge in [0.2, 0.25) is 0 Å². The van der Waals surface area contributed by atoms with Crippen molar-refractivity contribution in [3.8, 4) is 0 Å². The van der Waals surface area contributed by atoms with Crippen LogP contribution in [0.4, 0.5) is 21.5 Å². The number of anilines is 3. The SMILES string of the molecule is Cc1ccc(C)c(Nc2c(F)cc(N)c3cccnc23)c1. The van der Waals surface area contributed by atoms with Gasteiger partial charge in [0.1, 0.15) is 5.69 Å². The van der Waals surface area contributed by atoms with E-state index in [1.54, 1.807) is 12.3 Å². The van der Waals surface area contributed by atoms with E-state index in [9.17, 15) is 4.39 Å². The minimum atomic E-state index is -0.403. The van der Waals surface area contributed by atoms with E-state index in [4.69, 9.17) is 5.73 Å². The number of nitrogens with one attached hydrogen (secondary N) is 1. The third kappa shape index (κ3) is 2.40. The number of pyridine rings is 1. The quantitative estimate of drug-likeness (QED) is 0.688. The molecule has 0 spiro atoms. The fourth-order valence-electron chi connectivity index (χ4n) is 2.36. The van der Waals surface area contributed by atoms with Crippen molar-refractivity contribution in [2.75, 3.05) is 11.1 Å². The number of halogens is 1. The first kappa shape index (κ1) is 13.4. The van der Waals surface area contributed by atoms with Crippen LogP contribution in [0.15, 0.2) is 42.6 Å². The molecule has 1 heterocycles. The van der Waals surface area contributed by atoms with Gasteiger partial charge in [-0.2, -0.15) is 0 Å². The number of aromatic nitrogens is 1. The van der Waals surface area contributed by atoms with Gasteiger partial charge in [-0.05, 0) is 49.2 Å². The lowest BCUT2D eigenvalue weighted by Crippen LogP contribution is -2.01. The monoisotopic (exact) mass is 281 g/mol. The van der Waals surface area contributed by atoms with Gasteiger partial charge in [0.25, 0.3) is 0 Å². The molecule has 3 aromatic rings. The second-order valence-electron chi connectivity index (χ2n) is 5.17. The molecule has 0 aliphatic heterocycles. The predicted octanol–water partition coefficient (Wildman–Crippen LogP) is 4.32. The number of nitrogen functional groups attached to an aromatic ring is 1. The van der Waals surface area contributed by atoms with Crippen molar-refractivity contribution >= 4 is 28.0 Å². The maximum atomic E-state index is 14.3. The number of rotatable bonds is 2. The summed E-state index contributed by atoms with van der Waals surface area (Å²) in [7, 11) is 0. The van der Waals surface area contributed by atoms with Gasteiger partial charge < -0.3 is 11.1 Å². The van der Waals surface area contributed by atoms with E-state index in [1.165, 1.54) is 6.07 Å². The molecule has 0 unspecified atom stereocenters. The predicted molar refractivity (Wildman–Crippen MR) is 85.3 cm³/mol. The van der Waals surface area contributed by atoms with Crippen molar-refractivity contribution in [1.82, 2.24) is 4.98 Å². The van der Waals surface area contributed by atoms with Crippen LogP contribution in [0.5, 0.6) is 0 Å². The molecule has 3 rings (SSSR count). The molecule has 0 fully saturated rings. The summed E-state index contributed by atoms with van der Waals surface area (Å²) in [4.78, 5) is 4.27. The van der Waals surface area contributed by atoms with Crippen molar-refractivity contribution in [2.24, 2.45) is 0 Å². The fourth-order valence-corrected chi connectivity index (χ4v) is 2.36. The molecular weight excluding hydrogens is 265 g/mol. The van der Waals surface area contributed by atoms with Crippen LogP contribution in [0.1, 0.15) is 11.1 Å². The Morgan fingerprint density at radius 3 is 2.76 bits per heavy atom. The van der Waals surface area contributed by atoms with E-state index in [2.05, 4.69) is 10.3 Å². The molecule has 4 heteroatoms. The summed E-state index contributed by atoms with van der Waals surface area (Å²) in [6, 6.07) is 11.0. The summed E-state index contributed by atoms with van der Waals surface area (Å²) in [5.74, 6) is -0.403. The lowest BCUT2D eigenvalue weighted by Gasteiger charge is -2.14. The highest BCUT2D eigenvalue weighted by Crippen LogP contribution is 2.32. The summed E-state index contributed by atoms with van der Waals surface area (Å²) in [6.45, 7) is 3.98. The van der Waals surface area contributed by atoms with E-state index in [0.29, 0.717) is 16.9 Å². The van der Waals surface area contributed by atoms with Gasteiger partial charge in [0.05, 0.1) is 5.52 Å². The van der Waals surface area contributed by atoms with Gasteiger partial charge in [-0.25, -0.2) is 4.39 Å². The maximum absolute atomic E-state index is 14.3. The number of hydrogen-bond acceptors (Lipinski definition) is 3. The number of hydrogen-bond donors (Lipinski definition) is 2. The van der Waals surface area contributed by atoms with Crippen molar-refractivity contribution in [1.29, 1.82) is 0 Å². The fraction of sp³-hybridized carbons (Fsp3) is 0.118. The molecule has 0 aliphatic rings. The number of fused-ring (bicyclic) bond motifs is 1. The molecule has 21 heavy (non-hydrogen) atoms. The van der Waals surface area contributed by atoms with E-state index < -0.39 is 5.82 Å². The largest absolute Gasteiger partial charge is 0.398 e. The van der Waals surface area contributed by atoms with Crippen LogP contribution in [0.25, 0.3) is 10.9 Å². The molecule has 0 aliphatic carbocycles. The highest BCUT2D eigenvalue weighted by atomic mass is 19.1. The zero-order valence-electron chi connectivity index (χ0n) is 11.9. The van der Waals surface area contributed by atoms with Gasteiger partial charge in [-0.1, -0.05) is 12.1 Å². The van der Waals surface area contributed by atoms with E-state index in [1.807, 2.05) is 38.1 Å². The van der Waals surface area contributed by atoms with Crippen LogP contribution < -0.4 is 11.1 Å². The van der Waals surface area contributed by atoms with Crippen LogP contribution in [0.3, 0.4) is 0 Å². The molecule has 1 aromatic heterocycles. The van der Waals surface area contributed by atoms with E-state index >= 15 is 0 Å². The van der Waals surface area contributed by atoms with Crippen molar-refractivity contribution in [2.45, 2.75) is 13.8 Å². The molecule has 0 bridgehead atoms. The Labute approximate surface area is 122 Å². The summed E-state index contributed by atoms with van der Waals surface area (Å²) in [6.07, 6.45) is 1.63. The molecule has 3 N–H and O–H groups in total.